The van der Waals surface area contributed by atoms with Crippen molar-refractivity contribution in [3.63, 3.8) is 0 Å². The number of unbranched alkanes of at least 4 members (excludes halogenated alkanes) is 26. The minimum atomic E-state index is -4.99. The lowest BCUT2D eigenvalue weighted by molar-refractivity contribution is -0.161. The van der Waals surface area contributed by atoms with Gasteiger partial charge in [0, 0.05) is 25.7 Å². The molecule has 0 bridgehead atoms. The number of ether oxygens (including phenoxy) is 4. The Bertz CT molecular complexity index is 2370. The zero-order chi connectivity index (χ0) is 73.2. The highest BCUT2D eigenvalue weighted by atomic mass is 31.2. The first-order valence-electron chi connectivity index (χ1n) is 38.8. The van der Waals surface area contributed by atoms with Gasteiger partial charge < -0.3 is 33.8 Å². The van der Waals surface area contributed by atoms with Crippen LogP contribution in [0.3, 0.4) is 0 Å². The molecule has 3 N–H and O–H groups in total. The summed E-state index contributed by atoms with van der Waals surface area (Å²) in [5.41, 5.74) is 0. The number of carbonyl (C=O) groups is 4. The smallest absolute Gasteiger partial charge is 0.462 e. The summed E-state index contributed by atoms with van der Waals surface area (Å²) in [6, 6.07) is 0. The van der Waals surface area contributed by atoms with Gasteiger partial charge in [0.1, 0.15) is 19.3 Å². The third-order valence-electron chi connectivity index (χ3n) is 15.9. The number of hydrogen-bond acceptors (Lipinski definition) is 15. The number of aliphatic hydroxyl groups excluding tert-OH is 1. The van der Waals surface area contributed by atoms with E-state index in [1.54, 1.807) is 0 Å². The summed E-state index contributed by atoms with van der Waals surface area (Å²) in [5, 5.41) is 10.6. The Labute approximate surface area is 606 Å². The van der Waals surface area contributed by atoms with E-state index < -0.39 is 97.5 Å². The number of phosphoric ester groups is 2. The summed E-state index contributed by atoms with van der Waals surface area (Å²) in [4.78, 5) is 72.9. The Morgan fingerprint density at radius 2 is 0.520 bits per heavy atom. The first-order chi connectivity index (χ1) is 48.7. The second-order valence-electron chi connectivity index (χ2n) is 25.5. The molecule has 100 heavy (non-hydrogen) atoms. The molecule has 0 spiro atoms. The summed E-state index contributed by atoms with van der Waals surface area (Å²) in [6.45, 7) is 4.55. The van der Waals surface area contributed by atoms with Crippen molar-refractivity contribution in [1.82, 2.24) is 0 Å². The van der Waals surface area contributed by atoms with Crippen LogP contribution in [0.15, 0.2) is 122 Å². The van der Waals surface area contributed by atoms with Gasteiger partial charge >= 0.3 is 39.5 Å². The van der Waals surface area contributed by atoms with Crippen molar-refractivity contribution in [3.8, 4) is 0 Å². The van der Waals surface area contributed by atoms with E-state index in [1.165, 1.54) is 77.0 Å². The summed E-state index contributed by atoms with van der Waals surface area (Å²) in [5.74, 6) is -2.26. The molecular formula is C81H138O17P2. The van der Waals surface area contributed by atoms with Crippen molar-refractivity contribution in [3.05, 3.63) is 122 Å². The Kier molecular flexibility index (Phi) is 69.5. The highest BCUT2D eigenvalue weighted by molar-refractivity contribution is 7.47. The molecule has 0 amide bonds. The van der Waals surface area contributed by atoms with Crippen LogP contribution in [0, 0.1) is 0 Å². The predicted molar refractivity (Wildman–Crippen MR) is 408 cm³/mol. The fourth-order valence-electron chi connectivity index (χ4n) is 10.1. The number of allylic oxidation sites excluding steroid dienone is 20. The van der Waals surface area contributed by atoms with Crippen LogP contribution in [0.25, 0.3) is 0 Å². The lowest BCUT2D eigenvalue weighted by Crippen LogP contribution is -2.30. The van der Waals surface area contributed by atoms with E-state index in [9.17, 15) is 43.2 Å². The maximum atomic E-state index is 13.1. The molecule has 0 aliphatic heterocycles. The maximum Gasteiger partial charge on any atom is 0.472 e. The molecule has 5 atom stereocenters. The third-order valence-corrected chi connectivity index (χ3v) is 17.8. The van der Waals surface area contributed by atoms with E-state index in [0.29, 0.717) is 25.7 Å². The summed E-state index contributed by atoms with van der Waals surface area (Å²) < 4.78 is 68.4. The van der Waals surface area contributed by atoms with Gasteiger partial charge in [-0.1, -0.05) is 271 Å². The van der Waals surface area contributed by atoms with Gasteiger partial charge in [-0.3, -0.25) is 37.3 Å². The first-order valence-corrected chi connectivity index (χ1v) is 41.8. The quantitative estimate of drug-likeness (QED) is 0.0169. The van der Waals surface area contributed by atoms with Gasteiger partial charge in [0.05, 0.1) is 26.4 Å². The van der Waals surface area contributed by atoms with Crippen LogP contribution in [-0.4, -0.2) is 96.7 Å². The molecule has 0 aromatic heterocycles. The van der Waals surface area contributed by atoms with E-state index >= 15 is 0 Å². The molecule has 0 aromatic rings. The fraction of sp³-hybridized carbons (Fsp3) is 0.704. The Balaban J connectivity index is 5.39. The van der Waals surface area contributed by atoms with E-state index in [4.69, 9.17) is 37.0 Å². The second kappa shape index (κ2) is 72.8. The molecule has 0 rings (SSSR count). The number of phosphoric acid groups is 2. The predicted octanol–water partition coefficient (Wildman–Crippen LogP) is 22.3. The number of carbonyl (C=O) groups excluding carboxylic acids is 4. The second-order valence-corrected chi connectivity index (χ2v) is 28.4. The minimum absolute atomic E-state index is 0.0747. The lowest BCUT2D eigenvalue weighted by atomic mass is 10.0. The normalized spacial score (nSPS) is 14.6. The van der Waals surface area contributed by atoms with Crippen molar-refractivity contribution in [2.75, 3.05) is 39.6 Å². The van der Waals surface area contributed by atoms with E-state index in [1.807, 2.05) is 0 Å². The molecular weight excluding hydrogens is 1310 g/mol. The zero-order valence-corrected chi connectivity index (χ0v) is 64.4. The number of esters is 4. The van der Waals surface area contributed by atoms with Crippen LogP contribution in [0.5, 0.6) is 0 Å². The standard InChI is InChI=1S/C81H138O17P2/c1-5-9-13-17-21-25-29-33-35-36-37-38-40-44-46-50-54-58-62-66-79(84)92-72-77(98-81(86)68-64-60-56-52-48-42-32-28-24-20-16-12-8-4)74-96-100(89,90)94-70-75(82)69-93-99(87,88)95-73-76(97-80(85)67-63-59-55-51-47-41-31-27-23-19-15-11-7-3)71-91-78(83)65-61-57-53-49-45-43-39-34-30-26-22-18-14-10-6-2/h9-10,13-14,21-22,25-26,28,32-35,37-39,44-46,49,75-77,82H,5-8,11-12,15-20,23-24,27,29-31,36,40-43,47-48,50-74H2,1-4H3,(H,87,88)(H,89,90)/b13-9-,14-10-,25-21-,26-22-,32-28-,35-33-,38-37-,39-34-,46-44-,49-45-. The van der Waals surface area contributed by atoms with Crippen molar-refractivity contribution in [1.29, 1.82) is 0 Å². The van der Waals surface area contributed by atoms with E-state index in [0.717, 1.165) is 154 Å². The SMILES string of the molecule is CC/C=C\C/C=C\C/C=C\C/C=C\C/C=C\CCCCCC(=O)OCC(COP(=O)(O)OCC(O)COP(=O)(O)OCC(COC(=O)CCCC/C=C\C/C=C\C/C=C\C/C=C\CC)OC(=O)CCCCCCCCCCCCCCC)OC(=O)CCCCCCC/C=C\CCCCCC. The van der Waals surface area contributed by atoms with Gasteiger partial charge in [0.2, 0.25) is 0 Å². The largest absolute Gasteiger partial charge is 0.472 e. The first kappa shape index (κ1) is 95.5. The summed E-state index contributed by atoms with van der Waals surface area (Å²) in [6.07, 6.45) is 79.0. The molecule has 0 aliphatic carbocycles. The summed E-state index contributed by atoms with van der Waals surface area (Å²) in [7, 11) is -9.97. The van der Waals surface area contributed by atoms with Crippen LogP contribution < -0.4 is 0 Å². The van der Waals surface area contributed by atoms with Crippen molar-refractivity contribution in [2.45, 2.75) is 329 Å². The third kappa shape index (κ3) is 71.8. The minimum Gasteiger partial charge on any atom is -0.462 e. The van der Waals surface area contributed by atoms with Crippen molar-refractivity contribution < 1.29 is 80.2 Å². The van der Waals surface area contributed by atoms with Crippen molar-refractivity contribution in [2.24, 2.45) is 0 Å². The van der Waals surface area contributed by atoms with Crippen LogP contribution in [0.1, 0.15) is 310 Å². The Morgan fingerprint density at radius 1 is 0.290 bits per heavy atom. The van der Waals surface area contributed by atoms with Crippen molar-refractivity contribution >= 4 is 39.5 Å². The van der Waals surface area contributed by atoms with Crippen LogP contribution in [0.4, 0.5) is 0 Å². The molecule has 17 nitrogen and oxygen atoms in total. The highest BCUT2D eigenvalue weighted by Crippen LogP contribution is 2.45. The van der Waals surface area contributed by atoms with Gasteiger partial charge in [0.25, 0.3) is 0 Å². The molecule has 0 saturated carbocycles. The molecule has 0 heterocycles. The Hall–Kier alpha value is -4.54. The number of rotatable bonds is 72. The molecule has 0 aliphatic rings. The fourth-order valence-corrected chi connectivity index (χ4v) is 11.6. The van der Waals surface area contributed by atoms with Crippen LogP contribution >= 0.6 is 15.6 Å². The molecule has 0 saturated heterocycles. The molecule has 5 unspecified atom stereocenters. The zero-order valence-electron chi connectivity index (χ0n) is 62.6. The molecule has 0 fully saturated rings. The van der Waals surface area contributed by atoms with Gasteiger partial charge in [-0.05, 0) is 135 Å². The average molecular weight is 1450 g/mol. The lowest BCUT2D eigenvalue weighted by Gasteiger charge is -2.21. The van der Waals surface area contributed by atoms with E-state index in [2.05, 4.69) is 149 Å². The topological polar surface area (TPSA) is 237 Å². The summed E-state index contributed by atoms with van der Waals surface area (Å²) >= 11 is 0. The Morgan fingerprint density at radius 3 is 0.850 bits per heavy atom. The van der Waals surface area contributed by atoms with Crippen LogP contribution in [-0.2, 0) is 65.4 Å². The molecule has 0 aromatic carbocycles. The molecule has 19 heteroatoms. The highest BCUT2D eigenvalue weighted by Gasteiger charge is 2.30. The van der Waals surface area contributed by atoms with E-state index in [-0.39, 0.29) is 25.7 Å². The van der Waals surface area contributed by atoms with Gasteiger partial charge in [-0.2, -0.15) is 0 Å². The number of hydrogen-bond donors (Lipinski definition) is 3. The van der Waals surface area contributed by atoms with Crippen LogP contribution in [0.2, 0.25) is 0 Å². The van der Waals surface area contributed by atoms with Gasteiger partial charge in [-0.15, -0.1) is 0 Å². The van der Waals surface area contributed by atoms with Gasteiger partial charge in [-0.25, -0.2) is 9.13 Å². The monoisotopic (exact) mass is 1440 g/mol. The molecule has 0 radical (unpaired) electrons. The molecule has 574 valence electrons. The number of aliphatic hydroxyl groups is 1. The maximum absolute atomic E-state index is 13.1. The average Bonchev–Trinajstić information content (AvgIpc) is 0.935. The van der Waals surface area contributed by atoms with Gasteiger partial charge in [0.15, 0.2) is 12.2 Å².